The zero-order chi connectivity index (χ0) is 12.3. The lowest BCUT2D eigenvalue weighted by Gasteiger charge is -2.25. The molecular weight excluding hydrogens is 202 g/mol. The normalized spacial score (nSPS) is 11.3. The van der Waals surface area contributed by atoms with Crippen molar-refractivity contribution in [2.75, 3.05) is 13.6 Å². The van der Waals surface area contributed by atoms with E-state index in [0.717, 1.165) is 5.56 Å². The number of rotatable bonds is 3. The Balaban J connectivity index is 2.78. The van der Waals surface area contributed by atoms with E-state index in [1.807, 2.05) is 25.1 Å². The molecule has 0 bridgehead atoms. The van der Waals surface area contributed by atoms with Crippen molar-refractivity contribution < 1.29 is 9.90 Å². The van der Waals surface area contributed by atoms with Crippen LogP contribution in [0.5, 0.6) is 0 Å². The fourth-order valence-electron chi connectivity index (χ4n) is 1.65. The molecule has 0 heterocycles. The molecule has 1 amide bonds. The summed E-state index contributed by atoms with van der Waals surface area (Å²) in [5, 5.41) is 9.64. The van der Waals surface area contributed by atoms with Crippen LogP contribution in [0.1, 0.15) is 29.8 Å². The predicted molar refractivity (Wildman–Crippen MR) is 64.4 cm³/mol. The van der Waals surface area contributed by atoms with Gasteiger partial charge in [-0.3, -0.25) is 4.79 Å². The molecule has 88 valence electrons. The second kappa shape index (κ2) is 4.66. The van der Waals surface area contributed by atoms with Crippen molar-refractivity contribution in [3.8, 4) is 0 Å². The average Bonchev–Trinajstić information content (AvgIpc) is 2.14. The molecule has 1 aromatic rings. The van der Waals surface area contributed by atoms with Crippen molar-refractivity contribution >= 4 is 5.91 Å². The molecule has 0 aliphatic rings. The first-order valence-corrected chi connectivity index (χ1v) is 5.34. The van der Waals surface area contributed by atoms with Crippen LogP contribution in [0.15, 0.2) is 24.3 Å². The van der Waals surface area contributed by atoms with Crippen molar-refractivity contribution in [3.05, 3.63) is 35.4 Å². The van der Waals surface area contributed by atoms with Gasteiger partial charge >= 0.3 is 0 Å². The third kappa shape index (κ3) is 3.66. The van der Waals surface area contributed by atoms with E-state index >= 15 is 0 Å². The quantitative estimate of drug-likeness (QED) is 0.846. The Morgan fingerprint density at radius 2 is 2.06 bits per heavy atom. The number of nitrogens with zero attached hydrogens (tertiary/aromatic N) is 1. The SMILES string of the molecule is Cc1cccc(C(=O)N(C)CC(C)(C)O)c1. The number of hydrogen-bond donors (Lipinski definition) is 1. The molecular formula is C13H19NO2. The zero-order valence-corrected chi connectivity index (χ0v) is 10.3. The summed E-state index contributed by atoms with van der Waals surface area (Å²) in [6.07, 6.45) is 0. The first kappa shape index (κ1) is 12.7. The van der Waals surface area contributed by atoms with E-state index in [1.54, 1.807) is 27.0 Å². The van der Waals surface area contributed by atoms with Crippen molar-refractivity contribution in [1.29, 1.82) is 0 Å². The van der Waals surface area contributed by atoms with Gasteiger partial charge in [0, 0.05) is 19.2 Å². The van der Waals surface area contributed by atoms with Crippen LogP contribution in [0.3, 0.4) is 0 Å². The van der Waals surface area contributed by atoms with Gasteiger partial charge in [-0.1, -0.05) is 17.7 Å². The van der Waals surface area contributed by atoms with E-state index in [0.29, 0.717) is 12.1 Å². The third-order valence-corrected chi connectivity index (χ3v) is 2.24. The van der Waals surface area contributed by atoms with Crippen LogP contribution >= 0.6 is 0 Å². The topological polar surface area (TPSA) is 40.5 Å². The van der Waals surface area contributed by atoms with Gasteiger partial charge in [0.05, 0.1) is 5.60 Å². The molecule has 0 aliphatic heterocycles. The Hall–Kier alpha value is -1.35. The first-order valence-electron chi connectivity index (χ1n) is 5.34. The monoisotopic (exact) mass is 221 g/mol. The van der Waals surface area contributed by atoms with Gasteiger partial charge in [-0.05, 0) is 32.9 Å². The van der Waals surface area contributed by atoms with Crippen LogP contribution in [-0.4, -0.2) is 35.1 Å². The van der Waals surface area contributed by atoms with Gasteiger partial charge in [0.15, 0.2) is 0 Å². The minimum atomic E-state index is -0.867. The molecule has 1 N–H and O–H groups in total. The van der Waals surface area contributed by atoms with E-state index < -0.39 is 5.60 Å². The second-order valence-corrected chi connectivity index (χ2v) is 4.84. The lowest BCUT2D eigenvalue weighted by atomic mass is 10.1. The molecule has 0 radical (unpaired) electrons. The number of aryl methyl sites for hydroxylation is 1. The molecule has 0 saturated carbocycles. The maximum absolute atomic E-state index is 12.0. The summed E-state index contributed by atoms with van der Waals surface area (Å²) in [6.45, 7) is 5.65. The average molecular weight is 221 g/mol. The van der Waals surface area contributed by atoms with E-state index in [2.05, 4.69) is 0 Å². The molecule has 0 fully saturated rings. The predicted octanol–water partition coefficient (Wildman–Crippen LogP) is 1.84. The Labute approximate surface area is 96.7 Å². The van der Waals surface area contributed by atoms with E-state index in [1.165, 1.54) is 4.90 Å². The molecule has 3 nitrogen and oxygen atoms in total. The second-order valence-electron chi connectivity index (χ2n) is 4.84. The number of amides is 1. The molecule has 3 heteroatoms. The van der Waals surface area contributed by atoms with Crippen molar-refractivity contribution in [1.82, 2.24) is 4.90 Å². The van der Waals surface area contributed by atoms with E-state index in [-0.39, 0.29) is 5.91 Å². The van der Waals surface area contributed by atoms with E-state index in [9.17, 15) is 9.90 Å². The lowest BCUT2D eigenvalue weighted by Crippen LogP contribution is -2.39. The number of benzene rings is 1. The van der Waals surface area contributed by atoms with Crippen LogP contribution in [0.2, 0.25) is 0 Å². The fraction of sp³-hybridized carbons (Fsp3) is 0.462. The molecule has 0 spiro atoms. The Bertz CT molecular complexity index is 380. The van der Waals surface area contributed by atoms with Crippen molar-refractivity contribution in [2.24, 2.45) is 0 Å². The molecule has 16 heavy (non-hydrogen) atoms. The summed E-state index contributed by atoms with van der Waals surface area (Å²) in [7, 11) is 1.70. The highest BCUT2D eigenvalue weighted by atomic mass is 16.3. The maximum atomic E-state index is 12.0. The third-order valence-electron chi connectivity index (χ3n) is 2.24. The number of carbonyl (C=O) groups is 1. The smallest absolute Gasteiger partial charge is 0.253 e. The zero-order valence-electron chi connectivity index (χ0n) is 10.3. The van der Waals surface area contributed by atoms with Gasteiger partial charge in [-0.15, -0.1) is 0 Å². The van der Waals surface area contributed by atoms with Gasteiger partial charge in [0.25, 0.3) is 5.91 Å². The summed E-state index contributed by atoms with van der Waals surface area (Å²) in [4.78, 5) is 13.5. The van der Waals surface area contributed by atoms with Gasteiger partial charge in [-0.25, -0.2) is 0 Å². The lowest BCUT2D eigenvalue weighted by molar-refractivity contribution is 0.0368. The van der Waals surface area contributed by atoms with E-state index in [4.69, 9.17) is 0 Å². The highest BCUT2D eigenvalue weighted by Gasteiger charge is 2.20. The molecule has 1 aromatic carbocycles. The molecule has 1 rings (SSSR count). The summed E-state index contributed by atoms with van der Waals surface area (Å²) >= 11 is 0. The van der Waals surface area contributed by atoms with Crippen LogP contribution in [0.4, 0.5) is 0 Å². The van der Waals surface area contributed by atoms with Crippen LogP contribution in [-0.2, 0) is 0 Å². The minimum Gasteiger partial charge on any atom is -0.389 e. The van der Waals surface area contributed by atoms with Crippen LogP contribution in [0.25, 0.3) is 0 Å². The Kier molecular flexibility index (Phi) is 3.70. The highest BCUT2D eigenvalue weighted by Crippen LogP contribution is 2.10. The van der Waals surface area contributed by atoms with Gasteiger partial charge < -0.3 is 10.0 Å². The first-order chi connectivity index (χ1) is 7.29. The number of aliphatic hydroxyl groups is 1. The Morgan fingerprint density at radius 3 is 2.56 bits per heavy atom. The van der Waals surface area contributed by atoms with Crippen LogP contribution in [0, 0.1) is 6.92 Å². The summed E-state index contributed by atoms with van der Waals surface area (Å²) < 4.78 is 0. The highest BCUT2D eigenvalue weighted by molar-refractivity contribution is 5.94. The molecule has 0 aromatic heterocycles. The van der Waals surface area contributed by atoms with Gasteiger partial charge in [0.1, 0.15) is 0 Å². The summed E-state index contributed by atoms with van der Waals surface area (Å²) in [6, 6.07) is 7.45. The molecule has 0 saturated heterocycles. The van der Waals surface area contributed by atoms with Gasteiger partial charge in [-0.2, -0.15) is 0 Å². The molecule has 0 atom stereocenters. The summed E-state index contributed by atoms with van der Waals surface area (Å²) in [5.74, 6) is -0.0641. The Morgan fingerprint density at radius 1 is 1.44 bits per heavy atom. The number of hydrogen-bond acceptors (Lipinski definition) is 2. The number of likely N-dealkylation sites (N-methyl/N-ethyl adjacent to an activating group) is 1. The minimum absolute atomic E-state index is 0.0641. The van der Waals surface area contributed by atoms with Crippen molar-refractivity contribution in [2.45, 2.75) is 26.4 Å². The molecule has 0 unspecified atom stereocenters. The van der Waals surface area contributed by atoms with Crippen LogP contribution < -0.4 is 0 Å². The summed E-state index contributed by atoms with van der Waals surface area (Å²) in [5.41, 5.74) is 0.850. The van der Waals surface area contributed by atoms with Crippen molar-refractivity contribution in [3.63, 3.8) is 0 Å². The molecule has 0 aliphatic carbocycles. The standard InChI is InChI=1S/C13H19NO2/c1-10-6-5-7-11(8-10)12(15)14(4)9-13(2,3)16/h5-8,16H,9H2,1-4H3. The maximum Gasteiger partial charge on any atom is 0.253 e. The fourth-order valence-corrected chi connectivity index (χ4v) is 1.65. The number of carbonyl (C=O) groups excluding carboxylic acids is 1. The van der Waals surface area contributed by atoms with Gasteiger partial charge in [0.2, 0.25) is 0 Å². The largest absolute Gasteiger partial charge is 0.389 e.